The monoisotopic (exact) mass is 286 g/mol. The van der Waals surface area contributed by atoms with Crippen LogP contribution in [0.4, 0.5) is 11.4 Å². The lowest BCUT2D eigenvalue weighted by atomic mass is 10.2. The lowest BCUT2D eigenvalue weighted by molar-refractivity contribution is -0.118. The second kappa shape index (κ2) is 6.48. The minimum Gasteiger partial charge on any atom is -0.397 e. The van der Waals surface area contributed by atoms with Crippen molar-refractivity contribution in [1.29, 1.82) is 0 Å². The molecular formula is C16H18N2OS. The molecule has 104 valence electrons. The van der Waals surface area contributed by atoms with Crippen molar-refractivity contribution in [2.45, 2.75) is 23.6 Å². The zero-order valence-corrected chi connectivity index (χ0v) is 12.4. The van der Waals surface area contributed by atoms with E-state index >= 15 is 0 Å². The Kier molecular flexibility index (Phi) is 4.69. The van der Waals surface area contributed by atoms with E-state index in [1.807, 2.05) is 62.4 Å². The number of anilines is 2. The van der Waals surface area contributed by atoms with Gasteiger partial charge in [-0.3, -0.25) is 4.79 Å². The Morgan fingerprint density at radius 2 is 1.80 bits per heavy atom. The largest absolute Gasteiger partial charge is 0.397 e. The van der Waals surface area contributed by atoms with Gasteiger partial charge < -0.3 is 11.1 Å². The Balaban J connectivity index is 2.18. The number of amides is 1. The third-order valence-corrected chi connectivity index (χ3v) is 3.78. The van der Waals surface area contributed by atoms with Crippen LogP contribution in [-0.4, -0.2) is 5.91 Å². The average molecular weight is 286 g/mol. The molecule has 0 fully saturated rings. The van der Waals surface area contributed by atoms with Crippen LogP contribution in [-0.2, 0) is 4.79 Å². The maximum absolute atomic E-state index is 11.8. The first-order valence-corrected chi connectivity index (χ1v) is 7.31. The van der Waals surface area contributed by atoms with Gasteiger partial charge >= 0.3 is 0 Å². The summed E-state index contributed by atoms with van der Waals surface area (Å²) in [6.07, 6.45) is 0. The van der Waals surface area contributed by atoms with Gasteiger partial charge in [-0.15, -0.1) is 0 Å². The molecule has 2 aromatic carbocycles. The molecule has 20 heavy (non-hydrogen) atoms. The summed E-state index contributed by atoms with van der Waals surface area (Å²) in [6.45, 7) is 3.71. The summed E-state index contributed by atoms with van der Waals surface area (Å²) in [4.78, 5) is 14.0. The number of hydrogen-bond donors (Lipinski definition) is 2. The predicted molar refractivity (Wildman–Crippen MR) is 84.9 cm³/mol. The number of carbonyl (C=O) groups excluding carboxylic acids is 1. The molecular weight excluding hydrogens is 268 g/mol. The standard InChI is InChI=1S/C16H18N2OS/c1-11(2)16(19)18-15-10-13(8-9-14(15)17)20-12-6-4-3-5-7-12/h3-11H,17H2,1-2H3,(H,18,19). The van der Waals surface area contributed by atoms with Crippen LogP contribution >= 0.6 is 11.8 Å². The molecule has 2 aromatic rings. The Bertz CT molecular complexity index is 597. The molecule has 2 rings (SSSR count). The van der Waals surface area contributed by atoms with Crippen LogP contribution in [0, 0.1) is 5.92 Å². The van der Waals surface area contributed by atoms with Crippen LogP contribution in [0.1, 0.15) is 13.8 Å². The molecule has 3 nitrogen and oxygen atoms in total. The summed E-state index contributed by atoms with van der Waals surface area (Å²) < 4.78 is 0. The molecule has 0 radical (unpaired) electrons. The molecule has 0 aliphatic carbocycles. The first-order chi connectivity index (χ1) is 9.56. The van der Waals surface area contributed by atoms with Crippen molar-refractivity contribution in [3.63, 3.8) is 0 Å². The first-order valence-electron chi connectivity index (χ1n) is 6.49. The third kappa shape index (κ3) is 3.78. The molecule has 0 heterocycles. The molecule has 0 bridgehead atoms. The van der Waals surface area contributed by atoms with Crippen molar-refractivity contribution in [3.8, 4) is 0 Å². The first kappa shape index (κ1) is 14.5. The van der Waals surface area contributed by atoms with E-state index in [1.165, 1.54) is 0 Å². The number of nitrogens with two attached hydrogens (primary N) is 1. The fourth-order valence-corrected chi connectivity index (χ4v) is 2.49. The maximum Gasteiger partial charge on any atom is 0.226 e. The van der Waals surface area contributed by atoms with E-state index in [2.05, 4.69) is 5.32 Å². The topological polar surface area (TPSA) is 55.1 Å². The maximum atomic E-state index is 11.8. The number of nitrogen functional groups attached to an aromatic ring is 1. The molecule has 1 amide bonds. The van der Waals surface area contributed by atoms with Gasteiger partial charge in [-0.25, -0.2) is 0 Å². The van der Waals surface area contributed by atoms with Crippen molar-refractivity contribution in [3.05, 3.63) is 48.5 Å². The molecule has 4 heteroatoms. The highest BCUT2D eigenvalue weighted by Crippen LogP contribution is 2.31. The Morgan fingerprint density at radius 1 is 1.10 bits per heavy atom. The predicted octanol–water partition coefficient (Wildman–Crippen LogP) is 4.01. The lowest BCUT2D eigenvalue weighted by Gasteiger charge is -2.11. The van der Waals surface area contributed by atoms with Gasteiger partial charge in [0.05, 0.1) is 11.4 Å². The van der Waals surface area contributed by atoms with Crippen LogP contribution in [0.2, 0.25) is 0 Å². The number of nitrogens with one attached hydrogen (secondary N) is 1. The van der Waals surface area contributed by atoms with Gasteiger partial charge in [-0.1, -0.05) is 43.8 Å². The van der Waals surface area contributed by atoms with Gasteiger partial charge in [0.1, 0.15) is 0 Å². The molecule has 3 N–H and O–H groups in total. The van der Waals surface area contributed by atoms with E-state index < -0.39 is 0 Å². The van der Waals surface area contributed by atoms with E-state index in [0.717, 1.165) is 9.79 Å². The smallest absolute Gasteiger partial charge is 0.226 e. The molecule has 0 saturated heterocycles. The number of rotatable bonds is 4. The minimum atomic E-state index is -0.0696. The highest BCUT2D eigenvalue weighted by atomic mass is 32.2. The zero-order valence-electron chi connectivity index (χ0n) is 11.6. The van der Waals surface area contributed by atoms with E-state index in [1.54, 1.807) is 11.8 Å². The van der Waals surface area contributed by atoms with Crippen LogP contribution in [0.25, 0.3) is 0 Å². The minimum absolute atomic E-state index is 0.0291. The van der Waals surface area contributed by atoms with Crippen LogP contribution < -0.4 is 11.1 Å². The number of carbonyl (C=O) groups is 1. The van der Waals surface area contributed by atoms with Crippen molar-refractivity contribution in [2.75, 3.05) is 11.1 Å². The number of benzene rings is 2. The molecule has 0 atom stereocenters. The van der Waals surface area contributed by atoms with E-state index in [4.69, 9.17) is 5.73 Å². The zero-order chi connectivity index (χ0) is 14.5. The average Bonchev–Trinajstić information content (AvgIpc) is 2.43. The van der Waals surface area contributed by atoms with Crippen molar-refractivity contribution >= 4 is 29.0 Å². The molecule has 0 aliphatic heterocycles. The Morgan fingerprint density at radius 3 is 2.45 bits per heavy atom. The molecule has 0 unspecified atom stereocenters. The highest BCUT2D eigenvalue weighted by molar-refractivity contribution is 7.99. The van der Waals surface area contributed by atoms with Crippen LogP contribution in [0.15, 0.2) is 58.3 Å². The normalized spacial score (nSPS) is 10.6. The van der Waals surface area contributed by atoms with Crippen LogP contribution in [0.5, 0.6) is 0 Å². The van der Waals surface area contributed by atoms with Gasteiger partial charge in [0.25, 0.3) is 0 Å². The molecule has 0 aliphatic rings. The summed E-state index contributed by atoms with van der Waals surface area (Å²) >= 11 is 1.64. The van der Waals surface area contributed by atoms with E-state index in [9.17, 15) is 4.79 Å². The Hall–Kier alpha value is -1.94. The second-order valence-electron chi connectivity index (χ2n) is 4.81. The van der Waals surface area contributed by atoms with Gasteiger partial charge in [-0.05, 0) is 30.3 Å². The molecule has 0 spiro atoms. The Labute approximate surface area is 123 Å². The fraction of sp³-hybridized carbons (Fsp3) is 0.188. The van der Waals surface area contributed by atoms with E-state index in [-0.39, 0.29) is 11.8 Å². The van der Waals surface area contributed by atoms with Crippen LogP contribution in [0.3, 0.4) is 0 Å². The van der Waals surface area contributed by atoms with E-state index in [0.29, 0.717) is 11.4 Å². The number of hydrogen-bond acceptors (Lipinski definition) is 3. The summed E-state index contributed by atoms with van der Waals surface area (Å²) in [5.41, 5.74) is 7.16. The summed E-state index contributed by atoms with van der Waals surface area (Å²) in [7, 11) is 0. The summed E-state index contributed by atoms with van der Waals surface area (Å²) in [6, 6.07) is 15.8. The summed E-state index contributed by atoms with van der Waals surface area (Å²) in [5.74, 6) is -0.0987. The molecule has 0 saturated carbocycles. The van der Waals surface area contributed by atoms with Gasteiger partial charge in [0.15, 0.2) is 0 Å². The van der Waals surface area contributed by atoms with Gasteiger partial charge in [-0.2, -0.15) is 0 Å². The highest BCUT2D eigenvalue weighted by Gasteiger charge is 2.10. The lowest BCUT2D eigenvalue weighted by Crippen LogP contribution is -2.18. The molecule has 0 aromatic heterocycles. The van der Waals surface area contributed by atoms with Crippen molar-refractivity contribution < 1.29 is 4.79 Å². The third-order valence-electron chi connectivity index (χ3n) is 2.79. The fourth-order valence-electron chi connectivity index (χ4n) is 1.61. The van der Waals surface area contributed by atoms with Gasteiger partial charge in [0.2, 0.25) is 5.91 Å². The van der Waals surface area contributed by atoms with Gasteiger partial charge in [0, 0.05) is 15.7 Å². The quantitative estimate of drug-likeness (QED) is 0.835. The second-order valence-corrected chi connectivity index (χ2v) is 5.96. The van der Waals surface area contributed by atoms with Crippen molar-refractivity contribution in [2.24, 2.45) is 5.92 Å². The van der Waals surface area contributed by atoms with Crippen molar-refractivity contribution in [1.82, 2.24) is 0 Å². The summed E-state index contributed by atoms with van der Waals surface area (Å²) in [5, 5.41) is 2.86. The SMILES string of the molecule is CC(C)C(=O)Nc1cc(Sc2ccccc2)ccc1N.